The highest BCUT2D eigenvalue weighted by Gasteiger charge is 2.15. The minimum absolute atomic E-state index is 0.000941. The van der Waals surface area contributed by atoms with Crippen LogP contribution in [0.2, 0.25) is 10.3 Å². The Hall–Kier alpha value is -1.85. The molecule has 7 heteroatoms. The molecule has 0 saturated heterocycles. The van der Waals surface area contributed by atoms with Crippen LogP contribution in [0.25, 0.3) is 0 Å². The van der Waals surface area contributed by atoms with Gasteiger partial charge in [0.25, 0.3) is 5.91 Å². The summed E-state index contributed by atoms with van der Waals surface area (Å²) in [6, 6.07) is 2.92. The van der Waals surface area contributed by atoms with Crippen molar-refractivity contribution in [2.45, 2.75) is 13.8 Å². The summed E-state index contributed by atoms with van der Waals surface area (Å²) in [5.41, 5.74) is 1.30. The summed E-state index contributed by atoms with van der Waals surface area (Å²) in [6.07, 6.45) is 1.36. The van der Waals surface area contributed by atoms with E-state index in [1.165, 1.54) is 12.3 Å². The highest BCUT2D eigenvalue weighted by atomic mass is 35.5. The Bertz CT molecular complexity index is 718. The summed E-state index contributed by atoms with van der Waals surface area (Å²) in [5, 5.41) is 2.88. The molecule has 2 rings (SSSR count). The van der Waals surface area contributed by atoms with Crippen LogP contribution < -0.4 is 10.7 Å². The van der Waals surface area contributed by atoms with Gasteiger partial charge in [-0.15, -0.1) is 0 Å². The smallest absolute Gasteiger partial charge is 0.261 e. The number of anilines is 1. The molecular weight excluding hydrogens is 301 g/mol. The molecule has 2 aromatic rings. The van der Waals surface area contributed by atoms with Crippen LogP contribution in [-0.2, 0) is 0 Å². The Morgan fingerprint density at radius 2 is 2.00 bits per heavy atom. The van der Waals surface area contributed by atoms with Gasteiger partial charge in [-0.3, -0.25) is 9.59 Å². The van der Waals surface area contributed by atoms with Gasteiger partial charge < -0.3 is 10.3 Å². The van der Waals surface area contributed by atoms with Crippen molar-refractivity contribution in [2.24, 2.45) is 0 Å². The third-order valence-electron chi connectivity index (χ3n) is 2.68. The highest BCUT2D eigenvalue weighted by molar-refractivity contribution is 6.35. The maximum absolute atomic E-state index is 12.1. The minimum Gasteiger partial charge on any atom is -0.364 e. The molecule has 0 spiro atoms. The maximum Gasteiger partial charge on any atom is 0.261 e. The highest BCUT2D eigenvalue weighted by Crippen LogP contribution is 2.26. The largest absolute Gasteiger partial charge is 0.364 e. The number of hydrogen-bond donors (Lipinski definition) is 2. The van der Waals surface area contributed by atoms with E-state index in [1.54, 1.807) is 19.9 Å². The second-order valence-corrected chi connectivity index (χ2v) is 5.02. The first-order chi connectivity index (χ1) is 9.38. The van der Waals surface area contributed by atoms with Crippen molar-refractivity contribution in [1.82, 2.24) is 9.97 Å². The fourth-order valence-electron chi connectivity index (χ4n) is 1.68. The van der Waals surface area contributed by atoms with E-state index in [-0.39, 0.29) is 21.3 Å². The third-order valence-corrected chi connectivity index (χ3v) is 3.15. The molecule has 20 heavy (non-hydrogen) atoms. The molecule has 0 aliphatic carbocycles. The standard InChI is InChI=1S/C13H11Cl2N3O2/c1-6-3-10(14)17-12(15)11(6)18-13(20)8-5-16-7(2)4-9(8)19/h3-5H,1-2H3,(H,16,19)(H,18,20). The van der Waals surface area contributed by atoms with Gasteiger partial charge in [-0.2, -0.15) is 0 Å². The van der Waals surface area contributed by atoms with E-state index in [9.17, 15) is 9.59 Å². The summed E-state index contributed by atoms with van der Waals surface area (Å²) < 4.78 is 0. The lowest BCUT2D eigenvalue weighted by molar-refractivity contribution is 0.102. The molecule has 0 aliphatic heterocycles. The molecule has 5 nitrogen and oxygen atoms in total. The predicted molar refractivity (Wildman–Crippen MR) is 78.7 cm³/mol. The number of carbonyl (C=O) groups is 1. The average molecular weight is 312 g/mol. The first kappa shape index (κ1) is 14.6. The summed E-state index contributed by atoms with van der Waals surface area (Å²) in [7, 11) is 0. The van der Waals surface area contributed by atoms with Crippen LogP contribution in [0.5, 0.6) is 0 Å². The summed E-state index contributed by atoms with van der Waals surface area (Å²) in [5.74, 6) is -0.555. The quantitative estimate of drug-likeness (QED) is 0.837. The molecule has 0 atom stereocenters. The van der Waals surface area contributed by atoms with Gasteiger partial charge in [0.1, 0.15) is 10.7 Å². The van der Waals surface area contributed by atoms with Crippen LogP contribution >= 0.6 is 23.2 Å². The van der Waals surface area contributed by atoms with Gasteiger partial charge in [0, 0.05) is 18.0 Å². The zero-order valence-electron chi connectivity index (χ0n) is 10.8. The SMILES string of the molecule is Cc1cc(=O)c(C(=O)Nc2c(C)cc(Cl)nc2Cl)c[nH]1. The number of aromatic amines is 1. The fourth-order valence-corrected chi connectivity index (χ4v) is 2.26. The van der Waals surface area contributed by atoms with Gasteiger partial charge in [-0.1, -0.05) is 23.2 Å². The number of aryl methyl sites for hydroxylation is 2. The van der Waals surface area contributed by atoms with Gasteiger partial charge in [0.15, 0.2) is 10.6 Å². The number of pyridine rings is 2. The van der Waals surface area contributed by atoms with Gasteiger partial charge in [-0.05, 0) is 25.5 Å². The zero-order valence-corrected chi connectivity index (χ0v) is 12.3. The molecule has 2 aromatic heterocycles. The third kappa shape index (κ3) is 3.00. The number of hydrogen-bond acceptors (Lipinski definition) is 3. The van der Waals surface area contributed by atoms with Gasteiger partial charge >= 0.3 is 0 Å². The molecule has 0 bridgehead atoms. The molecule has 0 saturated carbocycles. The van der Waals surface area contributed by atoms with E-state index in [1.807, 2.05) is 0 Å². The van der Waals surface area contributed by atoms with Crippen molar-refractivity contribution in [3.8, 4) is 0 Å². The molecule has 0 radical (unpaired) electrons. The molecule has 0 fully saturated rings. The van der Waals surface area contributed by atoms with Gasteiger partial charge in [0.2, 0.25) is 0 Å². The van der Waals surface area contributed by atoms with Crippen molar-refractivity contribution < 1.29 is 4.79 Å². The lowest BCUT2D eigenvalue weighted by Crippen LogP contribution is -2.22. The number of rotatable bonds is 2. The fraction of sp³-hybridized carbons (Fsp3) is 0.154. The topological polar surface area (TPSA) is 74.8 Å². The van der Waals surface area contributed by atoms with Crippen LogP contribution in [0, 0.1) is 13.8 Å². The Kier molecular flexibility index (Phi) is 4.11. The lowest BCUT2D eigenvalue weighted by Gasteiger charge is -2.10. The predicted octanol–water partition coefficient (Wildman–Crippen LogP) is 2.95. The van der Waals surface area contributed by atoms with Crippen molar-refractivity contribution in [1.29, 1.82) is 0 Å². The van der Waals surface area contributed by atoms with Crippen molar-refractivity contribution in [3.05, 3.63) is 55.7 Å². The van der Waals surface area contributed by atoms with E-state index in [4.69, 9.17) is 23.2 Å². The molecule has 0 unspecified atom stereocenters. The van der Waals surface area contributed by atoms with Crippen LogP contribution in [0.4, 0.5) is 5.69 Å². The van der Waals surface area contributed by atoms with E-state index >= 15 is 0 Å². The second-order valence-electron chi connectivity index (χ2n) is 4.28. The molecule has 0 aliphatic rings. The van der Waals surface area contributed by atoms with Crippen LogP contribution in [-0.4, -0.2) is 15.9 Å². The van der Waals surface area contributed by atoms with Crippen molar-refractivity contribution in [2.75, 3.05) is 5.32 Å². The maximum atomic E-state index is 12.1. The van der Waals surface area contributed by atoms with E-state index in [0.29, 0.717) is 16.9 Å². The van der Waals surface area contributed by atoms with Crippen molar-refractivity contribution in [3.63, 3.8) is 0 Å². The van der Waals surface area contributed by atoms with Crippen LogP contribution in [0.1, 0.15) is 21.6 Å². The van der Waals surface area contributed by atoms with Gasteiger partial charge in [-0.25, -0.2) is 4.98 Å². The summed E-state index contributed by atoms with van der Waals surface area (Å²) in [4.78, 5) is 30.5. The van der Waals surface area contributed by atoms with Gasteiger partial charge in [0.05, 0.1) is 5.69 Å². The van der Waals surface area contributed by atoms with E-state index in [2.05, 4.69) is 15.3 Å². The van der Waals surface area contributed by atoms with E-state index in [0.717, 1.165) is 0 Å². The minimum atomic E-state index is -0.555. The molecule has 1 amide bonds. The molecule has 2 heterocycles. The monoisotopic (exact) mass is 311 g/mol. The number of nitrogens with zero attached hydrogens (tertiary/aromatic N) is 1. The van der Waals surface area contributed by atoms with E-state index < -0.39 is 5.91 Å². The van der Waals surface area contributed by atoms with Crippen LogP contribution in [0.15, 0.2) is 23.1 Å². The second kappa shape index (κ2) is 5.64. The average Bonchev–Trinajstić information content (AvgIpc) is 2.33. The molecular formula is C13H11Cl2N3O2. The number of nitrogens with one attached hydrogen (secondary N) is 2. The number of carbonyl (C=O) groups excluding carboxylic acids is 1. The Morgan fingerprint density at radius 3 is 2.60 bits per heavy atom. The Labute approximate surface area is 125 Å². The van der Waals surface area contributed by atoms with Crippen molar-refractivity contribution >= 4 is 34.8 Å². The number of H-pyrrole nitrogens is 1. The number of aromatic nitrogens is 2. The molecule has 104 valence electrons. The number of halogens is 2. The molecule has 0 aromatic carbocycles. The summed E-state index contributed by atoms with van der Waals surface area (Å²) >= 11 is 11.7. The Balaban J connectivity index is 2.35. The lowest BCUT2D eigenvalue weighted by atomic mass is 10.2. The molecule has 2 N–H and O–H groups in total. The number of amides is 1. The normalized spacial score (nSPS) is 10.4. The zero-order chi connectivity index (χ0) is 14.9. The van der Waals surface area contributed by atoms with Crippen LogP contribution in [0.3, 0.4) is 0 Å². The first-order valence-electron chi connectivity index (χ1n) is 5.72. The summed E-state index contributed by atoms with van der Waals surface area (Å²) in [6.45, 7) is 3.46. The Morgan fingerprint density at radius 1 is 1.30 bits per heavy atom. The first-order valence-corrected chi connectivity index (χ1v) is 6.47.